The minimum atomic E-state index is -4.40. The average Bonchev–Trinajstić information content (AvgIpc) is 3.11. The Hall–Kier alpha value is -3.16. The third-order valence-corrected chi connectivity index (χ3v) is 4.55. The topological polar surface area (TPSA) is 38.1 Å². The van der Waals surface area contributed by atoms with Gasteiger partial charge in [-0.3, -0.25) is 4.79 Å². The van der Waals surface area contributed by atoms with Crippen LogP contribution in [0.4, 0.5) is 17.6 Å². The van der Waals surface area contributed by atoms with Crippen LogP contribution in [0.15, 0.2) is 54.7 Å². The maximum Gasteiger partial charge on any atom is 0.416 e. The monoisotopic (exact) mass is 405 g/mol. The molecular weight excluding hydrogens is 386 g/mol. The minimum absolute atomic E-state index is 0.155. The Labute approximate surface area is 165 Å². The summed E-state index contributed by atoms with van der Waals surface area (Å²) < 4.78 is 52.8. The Morgan fingerprint density at radius 3 is 2.24 bits per heavy atom. The fourth-order valence-electron chi connectivity index (χ4n) is 3.05. The summed E-state index contributed by atoms with van der Waals surface area (Å²) in [6.45, 7) is 2.03. The molecule has 0 N–H and O–H groups in total. The zero-order valence-corrected chi connectivity index (χ0v) is 15.9. The van der Waals surface area contributed by atoms with Gasteiger partial charge in [-0.1, -0.05) is 19.1 Å². The lowest BCUT2D eigenvalue weighted by atomic mass is 10.1. The Bertz CT molecular complexity index is 992. The van der Waals surface area contributed by atoms with E-state index < -0.39 is 11.7 Å². The SMILES string of the molecule is CCc1c(C(=O)N(C)Cc2ccc(C(F)(F)F)cc2)cnn1-c1ccc(F)cc1. The molecule has 4 nitrogen and oxygen atoms in total. The van der Waals surface area contributed by atoms with Crippen LogP contribution in [-0.4, -0.2) is 27.6 Å². The van der Waals surface area contributed by atoms with Crippen molar-refractivity contribution in [1.82, 2.24) is 14.7 Å². The van der Waals surface area contributed by atoms with Crippen LogP contribution < -0.4 is 0 Å². The van der Waals surface area contributed by atoms with Gasteiger partial charge in [0.2, 0.25) is 0 Å². The number of alkyl halides is 3. The van der Waals surface area contributed by atoms with Crippen LogP contribution in [0.3, 0.4) is 0 Å². The molecule has 2 aromatic carbocycles. The molecule has 0 saturated carbocycles. The first kappa shape index (κ1) is 20.6. The number of nitrogens with zero attached hydrogens (tertiary/aromatic N) is 3. The highest BCUT2D eigenvalue weighted by molar-refractivity contribution is 5.95. The fraction of sp³-hybridized carbons (Fsp3) is 0.238. The second kappa shape index (κ2) is 8.06. The summed E-state index contributed by atoms with van der Waals surface area (Å²) >= 11 is 0. The van der Waals surface area contributed by atoms with E-state index in [2.05, 4.69) is 5.10 Å². The predicted molar refractivity (Wildman–Crippen MR) is 100 cm³/mol. The Morgan fingerprint density at radius 1 is 1.07 bits per heavy atom. The summed E-state index contributed by atoms with van der Waals surface area (Å²) in [4.78, 5) is 14.3. The summed E-state index contributed by atoms with van der Waals surface area (Å²) in [5.41, 5.74) is 1.54. The molecule has 3 rings (SSSR count). The molecule has 29 heavy (non-hydrogen) atoms. The van der Waals surface area contributed by atoms with Gasteiger partial charge in [-0.25, -0.2) is 9.07 Å². The van der Waals surface area contributed by atoms with Crippen LogP contribution in [-0.2, 0) is 19.1 Å². The van der Waals surface area contributed by atoms with E-state index in [0.717, 1.165) is 12.1 Å². The molecule has 3 aromatic rings. The highest BCUT2D eigenvalue weighted by Gasteiger charge is 2.30. The van der Waals surface area contributed by atoms with Crippen molar-refractivity contribution >= 4 is 5.91 Å². The number of halogens is 4. The second-order valence-electron chi connectivity index (χ2n) is 6.60. The maximum absolute atomic E-state index is 13.2. The zero-order chi connectivity index (χ0) is 21.2. The quantitative estimate of drug-likeness (QED) is 0.569. The molecular formula is C21H19F4N3O. The summed E-state index contributed by atoms with van der Waals surface area (Å²) in [6, 6.07) is 10.5. The van der Waals surface area contributed by atoms with Crippen molar-refractivity contribution in [3.63, 3.8) is 0 Å². The molecule has 0 atom stereocenters. The lowest BCUT2D eigenvalue weighted by Crippen LogP contribution is -2.27. The molecule has 0 spiro atoms. The van der Waals surface area contributed by atoms with Gasteiger partial charge in [0.25, 0.3) is 5.91 Å². The predicted octanol–water partition coefficient (Wildman–Crippen LogP) is 4.86. The molecule has 8 heteroatoms. The maximum atomic E-state index is 13.2. The average molecular weight is 405 g/mol. The van der Waals surface area contributed by atoms with Crippen molar-refractivity contribution in [1.29, 1.82) is 0 Å². The number of rotatable bonds is 5. The van der Waals surface area contributed by atoms with Crippen molar-refractivity contribution in [2.24, 2.45) is 0 Å². The lowest BCUT2D eigenvalue weighted by molar-refractivity contribution is -0.137. The van der Waals surface area contributed by atoms with E-state index in [9.17, 15) is 22.4 Å². The van der Waals surface area contributed by atoms with E-state index in [4.69, 9.17) is 0 Å². The second-order valence-corrected chi connectivity index (χ2v) is 6.60. The van der Waals surface area contributed by atoms with Crippen LogP contribution in [0.2, 0.25) is 0 Å². The normalized spacial score (nSPS) is 11.5. The van der Waals surface area contributed by atoms with Crippen LogP contribution in [0.5, 0.6) is 0 Å². The molecule has 152 valence electrons. The number of aromatic nitrogens is 2. The van der Waals surface area contributed by atoms with Gasteiger partial charge in [-0.2, -0.15) is 18.3 Å². The van der Waals surface area contributed by atoms with Crippen molar-refractivity contribution < 1.29 is 22.4 Å². The van der Waals surface area contributed by atoms with Crippen molar-refractivity contribution in [3.05, 3.63) is 82.9 Å². The summed E-state index contributed by atoms with van der Waals surface area (Å²) in [5.74, 6) is -0.665. The first-order valence-corrected chi connectivity index (χ1v) is 8.95. The van der Waals surface area contributed by atoms with E-state index >= 15 is 0 Å². The van der Waals surface area contributed by atoms with Crippen LogP contribution in [0, 0.1) is 5.82 Å². The van der Waals surface area contributed by atoms with E-state index in [1.165, 1.54) is 35.4 Å². The molecule has 1 aromatic heterocycles. The Morgan fingerprint density at radius 2 is 1.69 bits per heavy atom. The summed E-state index contributed by atoms with van der Waals surface area (Å²) in [6.07, 6.45) is -2.43. The van der Waals surface area contributed by atoms with E-state index in [0.29, 0.717) is 28.9 Å². The van der Waals surface area contributed by atoms with Crippen LogP contribution >= 0.6 is 0 Å². The standard InChI is InChI=1S/C21H19F4N3O/c1-3-19-18(12-26-28(19)17-10-8-16(22)9-11-17)20(29)27(2)13-14-4-6-15(7-5-14)21(23,24)25/h4-12H,3,13H2,1-2H3. The van der Waals surface area contributed by atoms with E-state index in [1.807, 2.05) is 6.92 Å². The van der Waals surface area contributed by atoms with E-state index in [-0.39, 0.29) is 18.3 Å². The van der Waals surface area contributed by atoms with Gasteiger partial charge in [0.05, 0.1) is 28.7 Å². The Balaban J connectivity index is 1.80. The Kier molecular flexibility index (Phi) is 5.72. The highest BCUT2D eigenvalue weighted by Crippen LogP contribution is 2.29. The first-order chi connectivity index (χ1) is 13.7. The molecule has 0 bridgehead atoms. The first-order valence-electron chi connectivity index (χ1n) is 8.95. The van der Waals surface area contributed by atoms with Crippen molar-refractivity contribution in [2.75, 3.05) is 7.05 Å². The van der Waals surface area contributed by atoms with Crippen LogP contribution in [0.1, 0.15) is 34.1 Å². The van der Waals surface area contributed by atoms with Gasteiger partial charge in [-0.05, 0) is 48.4 Å². The fourth-order valence-corrected chi connectivity index (χ4v) is 3.05. The van der Waals surface area contributed by atoms with Gasteiger partial charge >= 0.3 is 6.18 Å². The van der Waals surface area contributed by atoms with Crippen molar-refractivity contribution in [2.45, 2.75) is 26.1 Å². The number of carbonyl (C=O) groups excluding carboxylic acids is 1. The van der Waals surface area contributed by atoms with Gasteiger partial charge in [0, 0.05) is 13.6 Å². The highest BCUT2D eigenvalue weighted by atomic mass is 19.4. The summed E-state index contributed by atoms with van der Waals surface area (Å²) in [5, 5.41) is 4.26. The van der Waals surface area contributed by atoms with Crippen molar-refractivity contribution in [3.8, 4) is 5.69 Å². The van der Waals surface area contributed by atoms with E-state index in [1.54, 1.807) is 23.9 Å². The summed E-state index contributed by atoms with van der Waals surface area (Å²) in [7, 11) is 1.58. The van der Waals surface area contributed by atoms with Crippen LogP contribution in [0.25, 0.3) is 5.69 Å². The molecule has 0 unspecified atom stereocenters. The lowest BCUT2D eigenvalue weighted by Gasteiger charge is -2.18. The molecule has 1 heterocycles. The smallest absolute Gasteiger partial charge is 0.337 e. The molecule has 0 aliphatic rings. The third kappa shape index (κ3) is 4.47. The van der Waals surface area contributed by atoms with Gasteiger partial charge < -0.3 is 4.90 Å². The molecule has 0 fully saturated rings. The molecule has 0 aliphatic carbocycles. The largest absolute Gasteiger partial charge is 0.416 e. The number of carbonyl (C=O) groups is 1. The van der Waals surface area contributed by atoms with Gasteiger partial charge in [-0.15, -0.1) is 0 Å². The third-order valence-electron chi connectivity index (χ3n) is 4.55. The molecule has 0 saturated heterocycles. The molecule has 1 amide bonds. The number of benzene rings is 2. The number of amides is 1. The molecule has 0 radical (unpaired) electrons. The van der Waals surface area contributed by atoms with Gasteiger partial charge in [0.1, 0.15) is 5.82 Å². The molecule has 0 aliphatic heterocycles. The minimum Gasteiger partial charge on any atom is -0.337 e. The zero-order valence-electron chi connectivity index (χ0n) is 15.9. The number of hydrogen-bond acceptors (Lipinski definition) is 2. The number of hydrogen-bond donors (Lipinski definition) is 0. The van der Waals surface area contributed by atoms with Gasteiger partial charge in [0.15, 0.2) is 0 Å².